The first-order chi connectivity index (χ1) is 7.20. The Balaban J connectivity index is 2.17. The summed E-state index contributed by atoms with van der Waals surface area (Å²) in [5.41, 5.74) is 6.79. The van der Waals surface area contributed by atoms with E-state index in [2.05, 4.69) is 26.9 Å². The Morgan fingerprint density at radius 1 is 1.53 bits per heavy atom. The van der Waals surface area contributed by atoms with Gasteiger partial charge in [0, 0.05) is 17.6 Å². The van der Waals surface area contributed by atoms with Gasteiger partial charge in [-0.2, -0.15) is 0 Å². The van der Waals surface area contributed by atoms with Gasteiger partial charge in [0.15, 0.2) is 0 Å². The van der Waals surface area contributed by atoms with Gasteiger partial charge in [-0.05, 0) is 37.1 Å². The molecule has 1 aromatic carbocycles. The van der Waals surface area contributed by atoms with E-state index in [-0.39, 0.29) is 0 Å². The zero-order chi connectivity index (χ0) is 10.8. The highest BCUT2D eigenvalue weighted by molar-refractivity contribution is 9.10. The number of hydrogen-bond donors (Lipinski definition) is 1. The van der Waals surface area contributed by atoms with Gasteiger partial charge < -0.3 is 10.6 Å². The lowest BCUT2D eigenvalue weighted by atomic mass is 10.1. The lowest BCUT2D eigenvalue weighted by Crippen LogP contribution is -2.22. The van der Waals surface area contributed by atoms with Crippen LogP contribution in [0, 0.1) is 5.92 Å². The second-order valence-corrected chi connectivity index (χ2v) is 5.26. The molecule has 4 heteroatoms. The maximum Gasteiger partial charge on any atom is 0.0650 e. The third kappa shape index (κ3) is 2.47. The molecule has 0 aliphatic carbocycles. The second-order valence-electron chi connectivity index (χ2n) is 3.93. The minimum Gasteiger partial charge on any atom is -0.370 e. The molecule has 2 rings (SSSR count). The third-order valence-corrected chi connectivity index (χ3v) is 3.67. The molecule has 0 aromatic heterocycles. The van der Waals surface area contributed by atoms with E-state index in [9.17, 15) is 0 Å². The molecule has 1 unspecified atom stereocenters. The topological polar surface area (TPSA) is 29.3 Å². The number of nitrogens with zero attached hydrogens (tertiary/aromatic N) is 1. The first kappa shape index (κ1) is 11.2. The van der Waals surface area contributed by atoms with Crippen LogP contribution in [0.5, 0.6) is 0 Å². The molecule has 82 valence electrons. The van der Waals surface area contributed by atoms with Crippen molar-refractivity contribution in [3.63, 3.8) is 0 Å². The van der Waals surface area contributed by atoms with Crippen molar-refractivity contribution in [1.29, 1.82) is 0 Å². The summed E-state index contributed by atoms with van der Waals surface area (Å²) >= 11 is 9.60. The maximum absolute atomic E-state index is 6.20. The first-order valence-corrected chi connectivity index (χ1v) is 6.28. The summed E-state index contributed by atoms with van der Waals surface area (Å²) in [6.45, 7) is 2.85. The molecule has 2 nitrogen and oxygen atoms in total. The van der Waals surface area contributed by atoms with Crippen LogP contribution in [-0.2, 0) is 0 Å². The normalized spacial score (nSPS) is 21.0. The predicted molar refractivity (Wildman–Crippen MR) is 68.5 cm³/mol. The summed E-state index contributed by atoms with van der Waals surface area (Å²) in [7, 11) is 0. The van der Waals surface area contributed by atoms with Gasteiger partial charge in [0.25, 0.3) is 0 Å². The number of hydrogen-bond acceptors (Lipinski definition) is 2. The summed E-state index contributed by atoms with van der Waals surface area (Å²) in [6, 6.07) is 6.02. The van der Waals surface area contributed by atoms with E-state index in [0.717, 1.165) is 34.8 Å². The minimum atomic E-state index is 0.615. The van der Waals surface area contributed by atoms with Crippen LogP contribution in [0.1, 0.15) is 6.42 Å². The highest BCUT2D eigenvalue weighted by Crippen LogP contribution is 2.32. The van der Waals surface area contributed by atoms with E-state index in [4.69, 9.17) is 17.3 Å². The first-order valence-electron chi connectivity index (χ1n) is 5.11. The van der Waals surface area contributed by atoms with Gasteiger partial charge >= 0.3 is 0 Å². The SMILES string of the molecule is NCC1CCN(c2ccc(Br)cc2Cl)C1. The molecule has 1 aliphatic heterocycles. The zero-order valence-corrected chi connectivity index (χ0v) is 10.8. The van der Waals surface area contributed by atoms with Gasteiger partial charge in [0.05, 0.1) is 10.7 Å². The van der Waals surface area contributed by atoms with Gasteiger partial charge in [-0.3, -0.25) is 0 Å². The van der Waals surface area contributed by atoms with E-state index in [0.29, 0.717) is 5.92 Å². The van der Waals surface area contributed by atoms with Crippen molar-refractivity contribution in [1.82, 2.24) is 0 Å². The number of benzene rings is 1. The molecule has 1 atom stereocenters. The summed E-state index contributed by atoms with van der Waals surface area (Å²) in [5.74, 6) is 0.615. The van der Waals surface area contributed by atoms with Crippen molar-refractivity contribution in [2.24, 2.45) is 11.7 Å². The fraction of sp³-hybridized carbons (Fsp3) is 0.455. The van der Waals surface area contributed by atoms with Crippen molar-refractivity contribution in [2.75, 3.05) is 24.5 Å². The summed E-state index contributed by atoms with van der Waals surface area (Å²) in [4.78, 5) is 2.31. The Bertz CT molecular complexity index is 356. The molecule has 0 amide bonds. The van der Waals surface area contributed by atoms with Crippen LogP contribution in [0.4, 0.5) is 5.69 Å². The molecule has 0 spiro atoms. The monoisotopic (exact) mass is 288 g/mol. The molecule has 2 N–H and O–H groups in total. The molecular formula is C11H14BrClN2. The minimum absolute atomic E-state index is 0.615. The second kappa shape index (κ2) is 4.73. The molecule has 0 radical (unpaired) electrons. The fourth-order valence-corrected chi connectivity index (χ4v) is 2.77. The lowest BCUT2D eigenvalue weighted by molar-refractivity contribution is 0.602. The third-order valence-electron chi connectivity index (χ3n) is 2.87. The van der Waals surface area contributed by atoms with Crippen LogP contribution in [0.25, 0.3) is 0 Å². The Labute approximate surface area is 104 Å². The van der Waals surface area contributed by atoms with Crippen molar-refractivity contribution in [3.05, 3.63) is 27.7 Å². The van der Waals surface area contributed by atoms with Crippen LogP contribution >= 0.6 is 27.5 Å². The largest absolute Gasteiger partial charge is 0.370 e. The molecule has 15 heavy (non-hydrogen) atoms. The van der Waals surface area contributed by atoms with Gasteiger partial charge in [0.1, 0.15) is 0 Å². The Morgan fingerprint density at radius 2 is 2.33 bits per heavy atom. The summed E-state index contributed by atoms with van der Waals surface area (Å²) in [6.07, 6.45) is 1.17. The number of nitrogens with two attached hydrogens (primary N) is 1. The van der Waals surface area contributed by atoms with E-state index in [1.165, 1.54) is 6.42 Å². The highest BCUT2D eigenvalue weighted by atomic mass is 79.9. The number of rotatable bonds is 2. The van der Waals surface area contributed by atoms with Gasteiger partial charge in [-0.1, -0.05) is 27.5 Å². The number of anilines is 1. The average Bonchev–Trinajstić information content (AvgIpc) is 2.66. The standard InChI is InChI=1S/C11H14BrClN2/c12-9-1-2-11(10(13)5-9)15-4-3-8(6-14)7-15/h1-2,5,8H,3-4,6-7,14H2. The maximum atomic E-state index is 6.20. The van der Waals surface area contributed by atoms with Gasteiger partial charge in [-0.15, -0.1) is 0 Å². The lowest BCUT2D eigenvalue weighted by Gasteiger charge is -2.20. The molecule has 1 aromatic rings. The number of halogens is 2. The molecule has 0 saturated carbocycles. The van der Waals surface area contributed by atoms with Crippen LogP contribution in [0.2, 0.25) is 5.02 Å². The van der Waals surface area contributed by atoms with Crippen LogP contribution < -0.4 is 10.6 Å². The average molecular weight is 290 g/mol. The highest BCUT2D eigenvalue weighted by Gasteiger charge is 2.22. The van der Waals surface area contributed by atoms with Gasteiger partial charge in [-0.25, -0.2) is 0 Å². The molecule has 1 saturated heterocycles. The zero-order valence-electron chi connectivity index (χ0n) is 8.42. The Hall–Kier alpha value is -0.250. The Kier molecular flexibility index (Phi) is 3.54. The quantitative estimate of drug-likeness (QED) is 0.907. The van der Waals surface area contributed by atoms with E-state index < -0.39 is 0 Å². The van der Waals surface area contributed by atoms with E-state index >= 15 is 0 Å². The molecule has 1 aliphatic rings. The molecule has 1 heterocycles. The summed E-state index contributed by atoms with van der Waals surface area (Å²) < 4.78 is 1.02. The van der Waals surface area contributed by atoms with Crippen LogP contribution in [-0.4, -0.2) is 19.6 Å². The van der Waals surface area contributed by atoms with Crippen LogP contribution in [0.3, 0.4) is 0 Å². The van der Waals surface area contributed by atoms with Crippen molar-refractivity contribution in [3.8, 4) is 0 Å². The smallest absolute Gasteiger partial charge is 0.0650 e. The van der Waals surface area contributed by atoms with Gasteiger partial charge in [0.2, 0.25) is 0 Å². The molecule has 0 bridgehead atoms. The van der Waals surface area contributed by atoms with Crippen molar-refractivity contribution < 1.29 is 0 Å². The molecule has 1 fully saturated rings. The summed E-state index contributed by atoms with van der Waals surface area (Å²) in [5, 5.41) is 0.807. The Morgan fingerprint density at radius 3 is 2.93 bits per heavy atom. The van der Waals surface area contributed by atoms with E-state index in [1.54, 1.807) is 0 Å². The predicted octanol–water partition coefficient (Wildman–Crippen LogP) is 2.89. The molecular weight excluding hydrogens is 275 g/mol. The van der Waals surface area contributed by atoms with Crippen molar-refractivity contribution in [2.45, 2.75) is 6.42 Å². The van der Waals surface area contributed by atoms with E-state index in [1.807, 2.05) is 12.1 Å². The van der Waals surface area contributed by atoms with Crippen LogP contribution in [0.15, 0.2) is 22.7 Å². The van der Waals surface area contributed by atoms with Crippen molar-refractivity contribution >= 4 is 33.2 Å². The fourth-order valence-electron chi connectivity index (χ4n) is 1.98.